The number of halogens is 5. The van der Waals surface area contributed by atoms with Gasteiger partial charge in [0.25, 0.3) is 0 Å². The molecule has 0 saturated heterocycles. The molecule has 0 amide bonds. The molecule has 0 saturated carbocycles. The third-order valence-electron chi connectivity index (χ3n) is 5.19. The van der Waals surface area contributed by atoms with Gasteiger partial charge in [0, 0.05) is 28.6 Å². The normalized spacial score (nSPS) is 16.1. The Kier molecular flexibility index (Phi) is 6.75. The largest absolute Gasteiger partial charge is 0.489 e. The van der Waals surface area contributed by atoms with Crippen LogP contribution in [0.2, 0.25) is 0 Å². The van der Waals surface area contributed by atoms with E-state index in [1.54, 1.807) is 6.92 Å². The van der Waals surface area contributed by atoms with Crippen LogP contribution in [-0.4, -0.2) is 38.6 Å². The lowest BCUT2D eigenvalue weighted by atomic mass is 10.1. The fraction of sp³-hybridized carbons (Fsp3) is 0.261. The molecule has 12 heteroatoms. The first-order chi connectivity index (χ1) is 16.5. The van der Waals surface area contributed by atoms with Crippen molar-refractivity contribution >= 4 is 17.3 Å². The van der Waals surface area contributed by atoms with Crippen molar-refractivity contribution in [3.8, 4) is 16.3 Å². The summed E-state index contributed by atoms with van der Waals surface area (Å²) >= 11 is 1.16. The maximum Gasteiger partial charge on any atom is 0.416 e. The molecule has 2 aromatic heterocycles. The minimum atomic E-state index is -4.66. The Morgan fingerprint density at radius 2 is 2.09 bits per heavy atom. The van der Waals surface area contributed by atoms with Crippen molar-refractivity contribution < 1.29 is 36.6 Å². The molecule has 0 bridgehead atoms. The van der Waals surface area contributed by atoms with Gasteiger partial charge in [0.1, 0.15) is 29.4 Å². The van der Waals surface area contributed by atoms with Gasteiger partial charge in [-0.1, -0.05) is 6.08 Å². The maximum atomic E-state index is 14.0. The third-order valence-corrected chi connectivity index (χ3v) is 6.25. The third kappa shape index (κ3) is 5.76. The number of rotatable bonds is 7. The molecule has 6 nitrogen and oxygen atoms in total. The van der Waals surface area contributed by atoms with Crippen molar-refractivity contribution in [2.45, 2.75) is 32.2 Å². The van der Waals surface area contributed by atoms with E-state index in [2.05, 4.69) is 10.1 Å². The van der Waals surface area contributed by atoms with Crippen LogP contribution in [0.3, 0.4) is 0 Å². The van der Waals surface area contributed by atoms with Gasteiger partial charge >= 0.3 is 12.1 Å². The minimum Gasteiger partial charge on any atom is -0.489 e. The summed E-state index contributed by atoms with van der Waals surface area (Å²) in [4.78, 5) is 16.2. The smallest absolute Gasteiger partial charge is 0.416 e. The van der Waals surface area contributed by atoms with E-state index in [1.165, 1.54) is 29.2 Å². The predicted molar refractivity (Wildman–Crippen MR) is 118 cm³/mol. The zero-order valence-corrected chi connectivity index (χ0v) is 19.0. The molecule has 0 radical (unpaired) electrons. The number of aromatic carboxylic acids is 1. The Morgan fingerprint density at radius 3 is 2.74 bits per heavy atom. The highest BCUT2D eigenvalue weighted by molar-refractivity contribution is 7.15. The number of benzene rings is 1. The zero-order chi connectivity index (χ0) is 25.3. The van der Waals surface area contributed by atoms with Crippen molar-refractivity contribution in [3.05, 3.63) is 75.8 Å². The van der Waals surface area contributed by atoms with Crippen molar-refractivity contribution in [3.63, 3.8) is 0 Å². The van der Waals surface area contributed by atoms with Gasteiger partial charge in [-0.3, -0.25) is 4.68 Å². The monoisotopic (exact) mass is 511 g/mol. The molecule has 1 aliphatic carbocycles. The quantitative estimate of drug-likeness (QED) is 0.395. The molecule has 184 valence electrons. The van der Waals surface area contributed by atoms with Gasteiger partial charge in [-0.25, -0.2) is 18.6 Å². The average molecular weight is 511 g/mol. The second kappa shape index (κ2) is 9.61. The van der Waals surface area contributed by atoms with Crippen molar-refractivity contribution in [1.82, 2.24) is 14.8 Å². The highest BCUT2D eigenvalue weighted by atomic mass is 32.1. The van der Waals surface area contributed by atoms with E-state index in [9.17, 15) is 26.7 Å². The number of hydrogen-bond acceptors (Lipinski definition) is 5. The number of aromatic nitrogens is 3. The van der Waals surface area contributed by atoms with Gasteiger partial charge in [0.05, 0.1) is 29.6 Å². The summed E-state index contributed by atoms with van der Waals surface area (Å²) in [6.45, 7) is 1.52. The summed E-state index contributed by atoms with van der Waals surface area (Å²) < 4.78 is 74.7. The van der Waals surface area contributed by atoms with Crippen molar-refractivity contribution in [1.29, 1.82) is 0 Å². The molecule has 4 rings (SSSR count). The number of ether oxygens (including phenoxy) is 1. The summed E-state index contributed by atoms with van der Waals surface area (Å²) in [5.41, 5.74) is -0.233. The van der Waals surface area contributed by atoms with Gasteiger partial charge in [0.15, 0.2) is 0 Å². The van der Waals surface area contributed by atoms with E-state index >= 15 is 0 Å². The van der Waals surface area contributed by atoms with Crippen LogP contribution in [0.25, 0.3) is 10.6 Å². The number of hydrogen-bond donors (Lipinski definition) is 1. The second-order valence-corrected chi connectivity index (χ2v) is 9.00. The lowest BCUT2D eigenvalue weighted by molar-refractivity contribution is -0.137. The van der Waals surface area contributed by atoms with Gasteiger partial charge < -0.3 is 9.84 Å². The molecule has 0 fully saturated rings. The first-order valence-corrected chi connectivity index (χ1v) is 11.1. The van der Waals surface area contributed by atoms with Crippen molar-refractivity contribution in [2.24, 2.45) is 0 Å². The number of aryl methyl sites for hydroxylation is 1. The predicted octanol–water partition coefficient (Wildman–Crippen LogP) is 5.98. The van der Waals surface area contributed by atoms with Crippen LogP contribution in [0.15, 0.2) is 54.1 Å². The highest BCUT2D eigenvalue weighted by Crippen LogP contribution is 2.38. The number of nitrogens with zero attached hydrogens (tertiary/aromatic N) is 3. The molecule has 35 heavy (non-hydrogen) atoms. The Bertz CT molecular complexity index is 1330. The lowest BCUT2D eigenvalue weighted by Crippen LogP contribution is -2.10. The summed E-state index contributed by atoms with van der Waals surface area (Å²) in [7, 11) is 0. The van der Waals surface area contributed by atoms with Gasteiger partial charge in [0.2, 0.25) is 0 Å². The Labute approximate surface area is 200 Å². The lowest BCUT2D eigenvalue weighted by Gasteiger charge is -2.15. The molecule has 2 heterocycles. The van der Waals surface area contributed by atoms with Gasteiger partial charge in [-0.2, -0.15) is 18.3 Å². The SMILES string of the molecule is Cc1sc(-c2cc(OCC3=C(F)CC(F)C=C3)cc(C(F)(F)F)c2)nc1Cn1cc(C(=O)O)cn1. The van der Waals surface area contributed by atoms with E-state index < -0.39 is 36.1 Å². The van der Waals surface area contributed by atoms with E-state index in [0.29, 0.717) is 15.6 Å². The number of carbonyl (C=O) groups is 1. The molecule has 1 atom stereocenters. The molecule has 1 N–H and O–H groups in total. The average Bonchev–Trinajstić information content (AvgIpc) is 3.40. The first-order valence-electron chi connectivity index (χ1n) is 10.3. The van der Waals surface area contributed by atoms with Gasteiger partial charge in [-0.15, -0.1) is 11.3 Å². The maximum absolute atomic E-state index is 14.0. The molecular formula is C23H18F5N3O3S. The van der Waals surface area contributed by atoms with Gasteiger partial charge in [-0.05, 0) is 31.2 Å². The summed E-state index contributed by atoms with van der Waals surface area (Å²) in [6, 6.07) is 3.13. The van der Waals surface area contributed by atoms with Crippen molar-refractivity contribution in [2.75, 3.05) is 6.61 Å². The zero-order valence-electron chi connectivity index (χ0n) is 18.1. The number of carboxylic acid groups (broad SMARTS) is 1. The highest BCUT2D eigenvalue weighted by Gasteiger charge is 2.32. The Hall–Kier alpha value is -3.54. The molecule has 1 aliphatic rings. The second-order valence-electron chi connectivity index (χ2n) is 7.80. The van der Waals surface area contributed by atoms with Crippen LogP contribution in [0, 0.1) is 6.92 Å². The fourth-order valence-corrected chi connectivity index (χ4v) is 4.26. The number of allylic oxidation sites excluding steroid dienone is 2. The Balaban J connectivity index is 1.61. The topological polar surface area (TPSA) is 77.2 Å². The van der Waals surface area contributed by atoms with Crippen LogP contribution >= 0.6 is 11.3 Å². The first kappa shape index (κ1) is 24.6. The molecule has 1 unspecified atom stereocenters. The molecular weight excluding hydrogens is 493 g/mol. The summed E-state index contributed by atoms with van der Waals surface area (Å²) in [5.74, 6) is -1.98. The molecule has 3 aromatic rings. The fourth-order valence-electron chi connectivity index (χ4n) is 3.35. The number of carboxylic acids is 1. The number of alkyl halides is 4. The molecule has 0 spiro atoms. The summed E-state index contributed by atoms with van der Waals surface area (Å²) in [6.07, 6.45) is -1.64. The van der Waals surface area contributed by atoms with Crippen LogP contribution in [0.1, 0.15) is 32.9 Å². The minimum absolute atomic E-state index is 0.000766. The Morgan fingerprint density at radius 1 is 1.31 bits per heavy atom. The van der Waals surface area contributed by atoms with E-state index in [4.69, 9.17) is 9.84 Å². The molecule has 1 aromatic carbocycles. The van der Waals surface area contributed by atoms with Crippen LogP contribution in [0.4, 0.5) is 22.0 Å². The standard InChI is InChI=1S/C23H18F5N3O3S/c1-12-20(10-31-9-15(8-29-31)22(32)33)30-21(35-12)14-4-16(23(26,27)28)6-18(5-14)34-11-13-2-3-17(24)7-19(13)25/h2-6,8-9,17H,7,10-11H2,1H3,(H,32,33). The van der Waals surface area contributed by atoms with Crippen LogP contribution < -0.4 is 4.74 Å². The van der Waals surface area contributed by atoms with E-state index in [-0.39, 0.29) is 35.6 Å². The van der Waals surface area contributed by atoms with E-state index in [1.807, 2.05) is 0 Å². The van der Waals surface area contributed by atoms with E-state index in [0.717, 1.165) is 29.5 Å². The summed E-state index contributed by atoms with van der Waals surface area (Å²) in [5, 5.41) is 13.3. The number of thiazole rings is 1. The molecule has 0 aliphatic heterocycles. The van der Waals surface area contributed by atoms with Crippen LogP contribution in [-0.2, 0) is 12.7 Å². The van der Waals surface area contributed by atoms with Crippen LogP contribution in [0.5, 0.6) is 5.75 Å².